The molecule has 2 heterocycles. The number of thiophene rings is 1. The number of rotatable bonds is 3. The van der Waals surface area contributed by atoms with E-state index in [0.717, 1.165) is 41.1 Å². The van der Waals surface area contributed by atoms with E-state index in [0.29, 0.717) is 23.3 Å². The van der Waals surface area contributed by atoms with E-state index in [1.54, 1.807) is 6.92 Å². The molecule has 0 bridgehead atoms. The number of carbonyl (C=O) groups is 2. The number of carbonyl (C=O) groups excluding carboxylic acids is 2. The van der Waals surface area contributed by atoms with Crippen LogP contribution in [0.5, 0.6) is 0 Å². The number of amides is 1. The number of nitrogens with one attached hydrogen (secondary N) is 2. The van der Waals surface area contributed by atoms with Gasteiger partial charge in [0.05, 0.1) is 11.5 Å². The van der Waals surface area contributed by atoms with Crippen LogP contribution in [-0.2, 0) is 15.8 Å². The zero-order valence-electron chi connectivity index (χ0n) is 17.0. The molecule has 1 aromatic carbocycles. The summed E-state index contributed by atoms with van der Waals surface area (Å²) in [4.78, 5) is 27.1. The molecule has 8 heteroatoms. The molecule has 2 N–H and O–H groups in total. The third-order valence-corrected chi connectivity index (χ3v) is 6.72. The summed E-state index contributed by atoms with van der Waals surface area (Å²) in [6.45, 7) is 3.69. The quantitative estimate of drug-likeness (QED) is 0.638. The van der Waals surface area contributed by atoms with Gasteiger partial charge < -0.3 is 10.6 Å². The van der Waals surface area contributed by atoms with Gasteiger partial charge in [-0.3, -0.25) is 9.59 Å². The van der Waals surface area contributed by atoms with E-state index in [1.165, 1.54) is 23.5 Å². The zero-order chi connectivity index (χ0) is 22.3. The zero-order valence-corrected chi connectivity index (χ0v) is 17.8. The lowest BCUT2D eigenvalue weighted by Crippen LogP contribution is -2.35. The number of aryl methyl sites for hydroxylation is 1. The van der Waals surface area contributed by atoms with Crippen LogP contribution in [-0.4, -0.2) is 11.7 Å². The summed E-state index contributed by atoms with van der Waals surface area (Å²) in [7, 11) is 0. The van der Waals surface area contributed by atoms with Gasteiger partial charge in [-0.2, -0.15) is 13.2 Å². The largest absolute Gasteiger partial charge is 0.416 e. The van der Waals surface area contributed by atoms with Gasteiger partial charge in [0.15, 0.2) is 5.78 Å². The van der Waals surface area contributed by atoms with Crippen LogP contribution in [0.2, 0.25) is 0 Å². The lowest BCUT2D eigenvalue weighted by molar-refractivity contribution is -0.137. The number of hydrogen-bond donors (Lipinski definition) is 2. The van der Waals surface area contributed by atoms with Crippen LogP contribution in [0.15, 0.2) is 58.3 Å². The average Bonchev–Trinajstić information content (AvgIpc) is 3.12. The fourth-order valence-corrected chi connectivity index (χ4v) is 5.24. The molecular weight excluding hydrogens is 425 g/mol. The monoisotopic (exact) mass is 446 g/mol. The van der Waals surface area contributed by atoms with Gasteiger partial charge in [0.1, 0.15) is 0 Å². The first-order valence-corrected chi connectivity index (χ1v) is 10.8. The van der Waals surface area contributed by atoms with Gasteiger partial charge >= 0.3 is 6.18 Å². The predicted octanol–water partition coefficient (Wildman–Crippen LogP) is 5.68. The third-order valence-electron chi connectivity index (χ3n) is 5.63. The minimum atomic E-state index is -4.51. The van der Waals surface area contributed by atoms with E-state index in [-0.39, 0.29) is 11.5 Å². The van der Waals surface area contributed by atoms with Crippen LogP contribution in [0.1, 0.15) is 48.1 Å². The molecule has 1 aromatic heterocycles. The second kappa shape index (κ2) is 8.00. The molecule has 4 nitrogen and oxygen atoms in total. The summed E-state index contributed by atoms with van der Waals surface area (Å²) in [6.07, 6.45) is -2.61. The number of alkyl halides is 3. The normalized spacial score (nSPS) is 19.3. The van der Waals surface area contributed by atoms with Crippen LogP contribution < -0.4 is 10.6 Å². The number of ketones is 1. The van der Waals surface area contributed by atoms with Crippen molar-refractivity contribution >= 4 is 28.7 Å². The Labute approximate surface area is 181 Å². The van der Waals surface area contributed by atoms with E-state index in [4.69, 9.17) is 0 Å². The van der Waals surface area contributed by atoms with E-state index in [2.05, 4.69) is 10.6 Å². The Hall–Kier alpha value is -2.87. The van der Waals surface area contributed by atoms with E-state index in [9.17, 15) is 22.8 Å². The molecule has 162 valence electrons. The minimum Gasteiger partial charge on any atom is -0.362 e. The van der Waals surface area contributed by atoms with Gasteiger partial charge in [-0.05, 0) is 61.9 Å². The van der Waals surface area contributed by atoms with Crippen molar-refractivity contribution < 1.29 is 22.8 Å². The Morgan fingerprint density at radius 1 is 1.19 bits per heavy atom. The van der Waals surface area contributed by atoms with Crippen molar-refractivity contribution in [2.75, 3.05) is 5.32 Å². The molecule has 0 saturated heterocycles. The van der Waals surface area contributed by atoms with Gasteiger partial charge in [-0.15, -0.1) is 11.3 Å². The Morgan fingerprint density at radius 3 is 2.65 bits per heavy atom. The van der Waals surface area contributed by atoms with E-state index < -0.39 is 23.6 Å². The number of allylic oxidation sites excluding steroid dienone is 3. The average molecular weight is 446 g/mol. The van der Waals surface area contributed by atoms with Gasteiger partial charge in [0.2, 0.25) is 0 Å². The summed E-state index contributed by atoms with van der Waals surface area (Å²) in [5, 5.41) is 7.74. The van der Waals surface area contributed by atoms with Crippen molar-refractivity contribution in [2.45, 2.75) is 45.2 Å². The Balaban J connectivity index is 1.75. The molecule has 2 aromatic rings. The lowest BCUT2D eigenvalue weighted by Gasteiger charge is -2.34. The first kappa shape index (κ1) is 21.4. The molecule has 4 rings (SSSR count). The smallest absolute Gasteiger partial charge is 0.362 e. The van der Waals surface area contributed by atoms with Crippen molar-refractivity contribution in [1.82, 2.24) is 5.32 Å². The fourth-order valence-electron chi connectivity index (χ4n) is 4.20. The van der Waals surface area contributed by atoms with Gasteiger partial charge in [0, 0.05) is 39.5 Å². The second-order valence-electron chi connectivity index (χ2n) is 7.77. The number of Topliss-reactive ketones (excluding diaryl/α,β-unsaturated/α-hetero) is 1. The van der Waals surface area contributed by atoms with E-state index >= 15 is 0 Å². The van der Waals surface area contributed by atoms with Crippen LogP contribution in [0.3, 0.4) is 0 Å². The SMILES string of the molecule is CC1=C(C(=O)Nc2cccc(C(F)(F)F)c2)[C@@H](c2sccc2C)C2=C(CCCC2=O)N1. The van der Waals surface area contributed by atoms with Crippen LogP contribution in [0, 0.1) is 6.92 Å². The molecule has 1 aliphatic heterocycles. The lowest BCUT2D eigenvalue weighted by atomic mass is 9.77. The Bertz CT molecular complexity index is 1130. The van der Waals surface area contributed by atoms with Crippen molar-refractivity contribution in [3.05, 3.63) is 74.3 Å². The van der Waals surface area contributed by atoms with Gasteiger partial charge in [-0.1, -0.05) is 6.07 Å². The van der Waals surface area contributed by atoms with Crippen LogP contribution >= 0.6 is 11.3 Å². The molecule has 0 radical (unpaired) electrons. The van der Waals surface area contributed by atoms with Crippen molar-refractivity contribution in [3.8, 4) is 0 Å². The van der Waals surface area contributed by atoms with Crippen LogP contribution in [0.4, 0.5) is 18.9 Å². The Morgan fingerprint density at radius 2 is 1.97 bits per heavy atom. The fraction of sp³-hybridized carbons (Fsp3) is 0.304. The van der Waals surface area contributed by atoms with Crippen molar-refractivity contribution in [3.63, 3.8) is 0 Å². The second-order valence-corrected chi connectivity index (χ2v) is 8.71. The molecule has 1 aliphatic carbocycles. The highest BCUT2D eigenvalue weighted by atomic mass is 32.1. The third kappa shape index (κ3) is 4.04. The van der Waals surface area contributed by atoms with Crippen LogP contribution in [0.25, 0.3) is 0 Å². The summed E-state index contributed by atoms with van der Waals surface area (Å²) in [5.41, 5.74) is 2.58. The maximum absolute atomic E-state index is 13.3. The number of anilines is 1. The maximum atomic E-state index is 13.3. The highest BCUT2D eigenvalue weighted by Crippen LogP contribution is 2.45. The molecule has 0 saturated carbocycles. The first-order valence-electron chi connectivity index (χ1n) is 9.93. The van der Waals surface area contributed by atoms with Gasteiger partial charge in [0.25, 0.3) is 5.91 Å². The number of hydrogen-bond acceptors (Lipinski definition) is 4. The van der Waals surface area contributed by atoms with E-state index in [1.807, 2.05) is 18.4 Å². The molecule has 2 aliphatic rings. The standard InChI is InChI=1S/C23H21F3N2O2S/c1-12-9-10-31-21(12)20-18(13(2)27-16-7-4-8-17(29)19(16)20)22(30)28-15-6-3-5-14(11-15)23(24,25)26/h3,5-6,9-11,20,27H,4,7-8H2,1-2H3,(H,28,30)/t20-/m1/s1. The molecule has 0 unspecified atom stereocenters. The summed E-state index contributed by atoms with van der Waals surface area (Å²) >= 11 is 1.47. The molecule has 0 fully saturated rings. The van der Waals surface area contributed by atoms with Crippen molar-refractivity contribution in [2.24, 2.45) is 0 Å². The summed E-state index contributed by atoms with van der Waals surface area (Å²) in [5.74, 6) is -1.05. The molecule has 1 amide bonds. The number of halogens is 3. The molecular formula is C23H21F3N2O2S. The number of dihydropyridines is 1. The number of benzene rings is 1. The minimum absolute atomic E-state index is 0.00317. The Kier molecular flexibility index (Phi) is 5.51. The highest BCUT2D eigenvalue weighted by Gasteiger charge is 2.39. The van der Waals surface area contributed by atoms with Crippen molar-refractivity contribution in [1.29, 1.82) is 0 Å². The topological polar surface area (TPSA) is 58.2 Å². The van der Waals surface area contributed by atoms with Gasteiger partial charge in [-0.25, -0.2) is 0 Å². The first-order chi connectivity index (χ1) is 14.7. The molecule has 0 spiro atoms. The maximum Gasteiger partial charge on any atom is 0.416 e. The summed E-state index contributed by atoms with van der Waals surface area (Å²) < 4.78 is 39.2. The molecule has 31 heavy (non-hydrogen) atoms. The highest BCUT2D eigenvalue weighted by molar-refractivity contribution is 7.10. The predicted molar refractivity (Wildman–Crippen MR) is 114 cm³/mol. The summed E-state index contributed by atoms with van der Waals surface area (Å²) in [6, 6.07) is 6.48. The molecule has 1 atom stereocenters.